The van der Waals surface area contributed by atoms with E-state index in [-0.39, 0.29) is 5.92 Å². The Labute approximate surface area is 119 Å². The monoisotopic (exact) mass is 278 g/mol. The number of carboxylic acids is 1. The van der Waals surface area contributed by atoms with Crippen molar-refractivity contribution < 1.29 is 14.7 Å². The topological polar surface area (TPSA) is 92.4 Å². The van der Waals surface area contributed by atoms with Crippen LogP contribution in [0.1, 0.15) is 32.8 Å². The van der Waals surface area contributed by atoms with Gasteiger partial charge in [0.2, 0.25) is 5.91 Å². The largest absolute Gasteiger partial charge is 0.479 e. The van der Waals surface area contributed by atoms with Crippen molar-refractivity contribution >= 4 is 11.9 Å². The molecule has 0 saturated heterocycles. The molecule has 0 heterocycles. The molecule has 3 atom stereocenters. The summed E-state index contributed by atoms with van der Waals surface area (Å²) in [6, 6.07) is 7.88. The molecule has 0 fully saturated rings. The van der Waals surface area contributed by atoms with Gasteiger partial charge in [-0.05, 0) is 18.4 Å². The molecule has 1 aromatic carbocycles. The first kappa shape index (κ1) is 16.2. The van der Waals surface area contributed by atoms with Crippen molar-refractivity contribution in [2.75, 3.05) is 0 Å². The van der Waals surface area contributed by atoms with Crippen LogP contribution in [0, 0.1) is 5.92 Å². The van der Waals surface area contributed by atoms with Crippen LogP contribution in [0.25, 0.3) is 0 Å². The normalized spacial score (nSPS) is 16.8. The van der Waals surface area contributed by atoms with Crippen LogP contribution in [0.15, 0.2) is 30.3 Å². The highest BCUT2D eigenvalue weighted by atomic mass is 16.4. The zero-order valence-electron chi connectivity index (χ0n) is 12.1. The van der Waals surface area contributed by atoms with Crippen LogP contribution in [0.2, 0.25) is 0 Å². The minimum Gasteiger partial charge on any atom is -0.479 e. The summed E-state index contributed by atoms with van der Waals surface area (Å²) in [5.41, 5.74) is 4.88. The second-order valence-corrected chi connectivity index (χ2v) is 5.20. The number of nitrogens with one attached hydrogen (secondary N) is 1. The van der Waals surface area contributed by atoms with Crippen molar-refractivity contribution in [3.05, 3.63) is 35.9 Å². The first-order chi connectivity index (χ1) is 9.32. The molecule has 0 bridgehead atoms. The number of nitrogens with two attached hydrogens (primary N) is 1. The van der Waals surface area contributed by atoms with Gasteiger partial charge in [0.15, 0.2) is 5.54 Å². The molecule has 0 spiro atoms. The van der Waals surface area contributed by atoms with Gasteiger partial charge in [0.05, 0.1) is 6.04 Å². The van der Waals surface area contributed by atoms with Gasteiger partial charge in [-0.25, -0.2) is 4.79 Å². The van der Waals surface area contributed by atoms with E-state index in [1.165, 1.54) is 6.92 Å². The molecule has 0 aliphatic heterocycles. The fourth-order valence-corrected chi connectivity index (χ4v) is 1.86. The SMILES string of the molecule is CCC(C)[C@H](N)C(=O)NC(C)(C(=O)O)c1ccccc1. The van der Waals surface area contributed by atoms with Gasteiger partial charge in [-0.3, -0.25) is 4.79 Å². The van der Waals surface area contributed by atoms with Crippen LogP contribution in [0.3, 0.4) is 0 Å². The van der Waals surface area contributed by atoms with Crippen molar-refractivity contribution in [1.82, 2.24) is 5.32 Å². The summed E-state index contributed by atoms with van der Waals surface area (Å²) in [7, 11) is 0. The van der Waals surface area contributed by atoms with Gasteiger partial charge in [0.25, 0.3) is 0 Å². The number of carbonyl (C=O) groups is 2. The van der Waals surface area contributed by atoms with E-state index in [1.54, 1.807) is 30.3 Å². The number of hydrogen-bond donors (Lipinski definition) is 3. The van der Waals surface area contributed by atoms with E-state index in [1.807, 2.05) is 13.8 Å². The van der Waals surface area contributed by atoms with E-state index < -0.39 is 23.5 Å². The van der Waals surface area contributed by atoms with E-state index >= 15 is 0 Å². The third-order valence-corrected chi connectivity index (χ3v) is 3.71. The zero-order valence-corrected chi connectivity index (χ0v) is 12.1. The Morgan fingerprint density at radius 3 is 2.35 bits per heavy atom. The second-order valence-electron chi connectivity index (χ2n) is 5.20. The van der Waals surface area contributed by atoms with E-state index in [9.17, 15) is 14.7 Å². The summed E-state index contributed by atoms with van der Waals surface area (Å²) >= 11 is 0. The Balaban J connectivity index is 3.00. The molecule has 1 amide bonds. The van der Waals surface area contributed by atoms with Crippen LogP contribution in [-0.4, -0.2) is 23.0 Å². The molecular weight excluding hydrogens is 256 g/mol. The standard InChI is InChI=1S/C15H22N2O3/c1-4-10(2)12(16)13(18)17-15(3,14(19)20)11-8-6-5-7-9-11/h5-10,12H,4,16H2,1-3H3,(H,17,18)(H,19,20)/t10?,12-,15?/m0/s1. The van der Waals surface area contributed by atoms with Crippen LogP contribution >= 0.6 is 0 Å². The summed E-state index contributed by atoms with van der Waals surface area (Å²) < 4.78 is 0. The number of aliphatic carboxylic acids is 1. The van der Waals surface area contributed by atoms with E-state index in [0.717, 1.165) is 6.42 Å². The van der Waals surface area contributed by atoms with Gasteiger partial charge < -0.3 is 16.2 Å². The molecular formula is C15H22N2O3. The van der Waals surface area contributed by atoms with Crippen molar-refractivity contribution in [3.8, 4) is 0 Å². The molecule has 4 N–H and O–H groups in total. The van der Waals surface area contributed by atoms with Crippen molar-refractivity contribution in [2.45, 2.75) is 38.8 Å². The lowest BCUT2D eigenvalue weighted by Crippen LogP contribution is -2.55. The van der Waals surface area contributed by atoms with Crippen LogP contribution < -0.4 is 11.1 Å². The molecule has 1 rings (SSSR count). The highest BCUT2D eigenvalue weighted by Crippen LogP contribution is 2.21. The lowest BCUT2D eigenvalue weighted by molar-refractivity contribution is -0.147. The number of benzene rings is 1. The molecule has 0 aliphatic rings. The molecule has 0 saturated carbocycles. The maximum atomic E-state index is 12.1. The Hall–Kier alpha value is -1.88. The molecule has 5 nitrogen and oxygen atoms in total. The molecule has 2 unspecified atom stereocenters. The number of amides is 1. The van der Waals surface area contributed by atoms with Gasteiger partial charge in [-0.1, -0.05) is 50.6 Å². The number of carboxylic acid groups (broad SMARTS) is 1. The number of hydrogen-bond acceptors (Lipinski definition) is 3. The fourth-order valence-electron chi connectivity index (χ4n) is 1.86. The lowest BCUT2D eigenvalue weighted by atomic mass is 9.90. The Kier molecular flexibility index (Phi) is 5.27. The van der Waals surface area contributed by atoms with Gasteiger partial charge in [-0.15, -0.1) is 0 Å². The Bertz CT molecular complexity index is 475. The minimum atomic E-state index is -1.48. The fraction of sp³-hybridized carbons (Fsp3) is 0.467. The predicted molar refractivity (Wildman–Crippen MR) is 77.0 cm³/mol. The highest BCUT2D eigenvalue weighted by Gasteiger charge is 2.38. The second kappa shape index (κ2) is 6.52. The maximum Gasteiger partial charge on any atom is 0.333 e. The third kappa shape index (κ3) is 3.36. The Morgan fingerprint density at radius 2 is 1.90 bits per heavy atom. The van der Waals surface area contributed by atoms with Crippen LogP contribution in [0.4, 0.5) is 0 Å². The zero-order chi connectivity index (χ0) is 15.3. The molecule has 110 valence electrons. The van der Waals surface area contributed by atoms with Gasteiger partial charge >= 0.3 is 5.97 Å². The van der Waals surface area contributed by atoms with E-state index in [0.29, 0.717) is 5.56 Å². The van der Waals surface area contributed by atoms with Crippen molar-refractivity contribution in [1.29, 1.82) is 0 Å². The van der Waals surface area contributed by atoms with Crippen LogP contribution in [-0.2, 0) is 15.1 Å². The van der Waals surface area contributed by atoms with Crippen molar-refractivity contribution in [3.63, 3.8) is 0 Å². The van der Waals surface area contributed by atoms with Gasteiger partial charge in [-0.2, -0.15) is 0 Å². The summed E-state index contributed by atoms with van der Waals surface area (Å²) in [5, 5.41) is 12.0. The minimum absolute atomic E-state index is 0.0104. The molecule has 5 heteroatoms. The average molecular weight is 278 g/mol. The average Bonchev–Trinajstić information content (AvgIpc) is 2.46. The highest BCUT2D eigenvalue weighted by molar-refractivity contribution is 5.90. The molecule has 0 aromatic heterocycles. The number of carbonyl (C=O) groups excluding carboxylic acids is 1. The third-order valence-electron chi connectivity index (χ3n) is 3.71. The van der Waals surface area contributed by atoms with Gasteiger partial charge in [0, 0.05) is 0 Å². The smallest absolute Gasteiger partial charge is 0.333 e. The van der Waals surface area contributed by atoms with Crippen LogP contribution in [0.5, 0.6) is 0 Å². The van der Waals surface area contributed by atoms with Crippen molar-refractivity contribution in [2.24, 2.45) is 11.7 Å². The molecule has 20 heavy (non-hydrogen) atoms. The Morgan fingerprint density at radius 1 is 1.35 bits per heavy atom. The maximum absolute atomic E-state index is 12.1. The van der Waals surface area contributed by atoms with Gasteiger partial charge in [0.1, 0.15) is 0 Å². The number of rotatable bonds is 6. The summed E-state index contributed by atoms with van der Waals surface area (Å²) in [6.07, 6.45) is 0.754. The summed E-state index contributed by atoms with van der Waals surface area (Å²) in [5.74, 6) is -1.58. The summed E-state index contributed by atoms with van der Waals surface area (Å²) in [6.45, 7) is 5.27. The summed E-state index contributed by atoms with van der Waals surface area (Å²) in [4.78, 5) is 23.7. The molecule has 0 radical (unpaired) electrons. The first-order valence-electron chi connectivity index (χ1n) is 6.69. The lowest BCUT2D eigenvalue weighted by Gasteiger charge is -2.29. The van der Waals surface area contributed by atoms with E-state index in [4.69, 9.17) is 5.73 Å². The molecule has 0 aliphatic carbocycles. The predicted octanol–water partition coefficient (Wildman–Crippen LogP) is 1.48. The first-order valence-corrected chi connectivity index (χ1v) is 6.69. The van der Waals surface area contributed by atoms with E-state index in [2.05, 4.69) is 5.32 Å². The quantitative estimate of drug-likeness (QED) is 0.734. The molecule has 1 aromatic rings.